The SMILES string of the molecule is O=C(Nc1cc(Cl)c(Cl)cc1Cl)C1CCN(S(=O)(=O)Cc2ccccc2F)CC1. The van der Waals surface area contributed by atoms with Gasteiger partial charge in [-0.25, -0.2) is 17.1 Å². The summed E-state index contributed by atoms with van der Waals surface area (Å²) in [5.74, 6) is -1.60. The van der Waals surface area contributed by atoms with Crippen molar-refractivity contribution in [2.45, 2.75) is 18.6 Å². The lowest BCUT2D eigenvalue weighted by Gasteiger charge is -2.30. The summed E-state index contributed by atoms with van der Waals surface area (Å²) in [6.45, 7) is 0.369. The van der Waals surface area contributed by atoms with Gasteiger partial charge in [-0.1, -0.05) is 53.0 Å². The molecule has 1 aliphatic heterocycles. The fourth-order valence-electron chi connectivity index (χ4n) is 3.15. The lowest BCUT2D eigenvalue weighted by molar-refractivity contribution is -0.120. The van der Waals surface area contributed by atoms with Crippen molar-refractivity contribution >= 4 is 56.4 Å². The van der Waals surface area contributed by atoms with Gasteiger partial charge in [0.05, 0.1) is 26.5 Å². The molecule has 0 unspecified atom stereocenters. The van der Waals surface area contributed by atoms with Gasteiger partial charge in [-0.2, -0.15) is 0 Å². The number of nitrogens with zero attached hydrogens (tertiary/aromatic N) is 1. The molecule has 2 aromatic rings. The summed E-state index contributed by atoms with van der Waals surface area (Å²) >= 11 is 17.9. The second-order valence-corrected chi connectivity index (χ2v) is 9.95. The lowest BCUT2D eigenvalue weighted by Crippen LogP contribution is -2.42. The Morgan fingerprint density at radius 1 is 1.07 bits per heavy atom. The third-order valence-corrected chi connectivity index (χ3v) is 7.64. The predicted molar refractivity (Wildman–Crippen MR) is 113 cm³/mol. The number of carbonyl (C=O) groups is 1. The van der Waals surface area contributed by atoms with Gasteiger partial charge in [-0.3, -0.25) is 4.79 Å². The molecule has 0 spiro atoms. The van der Waals surface area contributed by atoms with Crippen molar-refractivity contribution in [3.8, 4) is 0 Å². The van der Waals surface area contributed by atoms with Crippen molar-refractivity contribution in [3.05, 3.63) is 62.8 Å². The average Bonchev–Trinajstić information content (AvgIpc) is 2.68. The molecule has 0 radical (unpaired) electrons. The molecule has 5 nitrogen and oxygen atoms in total. The van der Waals surface area contributed by atoms with Gasteiger partial charge in [0, 0.05) is 24.6 Å². The Hall–Kier alpha value is -1.38. The maximum Gasteiger partial charge on any atom is 0.227 e. The maximum atomic E-state index is 13.8. The quantitative estimate of drug-likeness (QED) is 0.616. The zero-order valence-corrected chi connectivity index (χ0v) is 18.3. The number of halogens is 4. The summed E-state index contributed by atoms with van der Waals surface area (Å²) in [7, 11) is -3.68. The Labute approximate surface area is 183 Å². The Morgan fingerprint density at radius 2 is 1.69 bits per heavy atom. The Balaban J connectivity index is 1.60. The van der Waals surface area contributed by atoms with Crippen molar-refractivity contribution in [1.29, 1.82) is 0 Å². The molecule has 0 saturated carbocycles. The molecule has 10 heteroatoms. The molecule has 0 atom stereocenters. The van der Waals surface area contributed by atoms with Crippen molar-refractivity contribution in [3.63, 3.8) is 0 Å². The molecule has 2 aromatic carbocycles. The predicted octanol–water partition coefficient (Wildman–Crippen LogP) is 4.97. The van der Waals surface area contributed by atoms with Crippen LogP contribution in [-0.2, 0) is 20.6 Å². The first kappa shape index (κ1) is 22.3. The Kier molecular flexibility index (Phi) is 7.06. The molecule has 29 heavy (non-hydrogen) atoms. The second kappa shape index (κ2) is 9.18. The van der Waals surface area contributed by atoms with Gasteiger partial charge < -0.3 is 5.32 Å². The first-order chi connectivity index (χ1) is 13.7. The van der Waals surface area contributed by atoms with Crippen LogP contribution < -0.4 is 5.32 Å². The fourth-order valence-corrected chi connectivity index (χ4v) is 5.32. The summed E-state index contributed by atoms with van der Waals surface area (Å²) in [6, 6.07) is 8.70. The van der Waals surface area contributed by atoms with Gasteiger partial charge in [-0.15, -0.1) is 0 Å². The van der Waals surface area contributed by atoms with E-state index in [1.165, 1.54) is 34.6 Å². The van der Waals surface area contributed by atoms with E-state index in [9.17, 15) is 17.6 Å². The van der Waals surface area contributed by atoms with Crippen LogP contribution in [0.2, 0.25) is 15.1 Å². The van der Waals surface area contributed by atoms with Crippen LogP contribution in [-0.4, -0.2) is 31.7 Å². The number of sulfonamides is 1. The topological polar surface area (TPSA) is 66.5 Å². The third kappa shape index (κ3) is 5.41. The van der Waals surface area contributed by atoms with Crippen molar-refractivity contribution in [1.82, 2.24) is 4.31 Å². The summed E-state index contributed by atoms with van der Waals surface area (Å²) in [6.07, 6.45) is 0.697. The molecule has 1 amide bonds. The number of anilines is 1. The van der Waals surface area contributed by atoms with E-state index in [0.717, 1.165) is 0 Å². The summed E-state index contributed by atoms with van der Waals surface area (Å²) in [5, 5.41) is 3.52. The lowest BCUT2D eigenvalue weighted by atomic mass is 9.97. The van der Waals surface area contributed by atoms with Crippen LogP contribution in [0.1, 0.15) is 18.4 Å². The second-order valence-electron chi connectivity index (χ2n) is 6.76. The minimum absolute atomic E-state index is 0.127. The Morgan fingerprint density at radius 3 is 2.34 bits per heavy atom. The zero-order valence-electron chi connectivity index (χ0n) is 15.2. The smallest absolute Gasteiger partial charge is 0.227 e. The minimum atomic E-state index is -3.68. The first-order valence-corrected chi connectivity index (χ1v) is 11.6. The molecule has 1 fully saturated rings. The van der Waals surface area contributed by atoms with Crippen LogP contribution in [0.15, 0.2) is 36.4 Å². The zero-order chi connectivity index (χ0) is 21.2. The van der Waals surface area contributed by atoms with Crippen LogP contribution in [0.5, 0.6) is 0 Å². The fraction of sp³-hybridized carbons (Fsp3) is 0.316. The van der Waals surface area contributed by atoms with E-state index < -0.39 is 21.6 Å². The van der Waals surface area contributed by atoms with E-state index in [1.807, 2.05) is 0 Å². The van der Waals surface area contributed by atoms with Gasteiger partial charge in [0.1, 0.15) is 5.82 Å². The van der Waals surface area contributed by atoms with Gasteiger partial charge in [0.25, 0.3) is 0 Å². The highest BCUT2D eigenvalue weighted by Crippen LogP contribution is 2.33. The maximum absolute atomic E-state index is 13.8. The summed E-state index contributed by atoms with van der Waals surface area (Å²) < 4.78 is 40.3. The van der Waals surface area contributed by atoms with Crippen LogP contribution in [0.3, 0.4) is 0 Å². The molecule has 1 saturated heterocycles. The summed E-state index contributed by atoms with van der Waals surface area (Å²) in [4.78, 5) is 12.5. The first-order valence-electron chi connectivity index (χ1n) is 8.84. The van der Waals surface area contributed by atoms with Gasteiger partial charge in [0.2, 0.25) is 15.9 Å². The molecule has 1 aliphatic rings. The number of hydrogen-bond donors (Lipinski definition) is 1. The molecular formula is C19H18Cl3FN2O3S. The molecule has 156 valence electrons. The van der Waals surface area contributed by atoms with Gasteiger partial charge in [-0.05, 0) is 31.0 Å². The number of nitrogens with one attached hydrogen (secondary N) is 1. The van der Waals surface area contributed by atoms with Crippen molar-refractivity contribution in [2.24, 2.45) is 5.92 Å². The van der Waals surface area contributed by atoms with E-state index in [2.05, 4.69) is 5.32 Å². The van der Waals surface area contributed by atoms with Gasteiger partial charge >= 0.3 is 0 Å². The van der Waals surface area contributed by atoms with E-state index in [4.69, 9.17) is 34.8 Å². The molecule has 3 rings (SSSR count). The van der Waals surface area contributed by atoms with Crippen LogP contribution >= 0.6 is 34.8 Å². The van der Waals surface area contributed by atoms with Crippen LogP contribution in [0.25, 0.3) is 0 Å². The van der Waals surface area contributed by atoms with E-state index in [-0.39, 0.29) is 45.5 Å². The van der Waals surface area contributed by atoms with E-state index in [0.29, 0.717) is 18.5 Å². The normalized spacial score (nSPS) is 16.0. The molecule has 1 N–H and O–H groups in total. The van der Waals surface area contributed by atoms with Gasteiger partial charge in [0.15, 0.2) is 0 Å². The number of amides is 1. The highest BCUT2D eigenvalue weighted by atomic mass is 35.5. The van der Waals surface area contributed by atoms with Crippen molar-refractivity contribution < 1.29 is 17.6 Å². The van der Waals surface area contributed by atoms with E-state index >= 15 is 0 Å². The number of benzene rings is 2. The number of rotatable bonds is 5. The highest BCUT2D eigenvalue weighted by Gasteiger charge is 2.31. The standard InChI is InChI=1S/C19H18Cl3FN2O3S/c20-14-9-16(22)18(10-15(14)21)24-19(26)12-5-7-25(8-6-12)29(27,28)11-13-3-1-2-4-17(13)23/h1-4,9-10,12H,5-8,11H2,(H,24,26). The third-order valence-electron chi connectivity index (χ3n) is 4.78. The van der Waals surface area contributed by atoms with Crippen LogP contribution in [0, 0.1) is 11.7 Å². The molecule has 0 bridgehead atoms. The molecule has 0 aromatic heterocycles. The van der Waals surface area contributed by atoms with Crippen LogP contribution in [0.4, 0.5) is 10.1 Å². The molecule has 1 heterocycles. The molecule has 0 aliphatic carbocycles. The van der Waals surface area contributed by atoms with Crippen molar-refractivity contribution in [2.75, 3.05) is 18.4 Å². The monoisotopic (exact) mass is 478 g/mol. The summed E-state index contributed by atoms with van der Waals surface area (Å²) in [5.41, 5.74) is 0.474. The minimum Gasteiger partial charge on any atom is -0.324 e. The number of hydrogen-bond acceptors (Lipinski definition) is 3. The Bertz CT molecular complexity index is 1030. The molecular weight excluding hydrogens is 462 g/mol. The number of piperidine rings is 1. The van der Waals surface area contributed by atoms with E-state index in [1.54, 1.807) is 6.07 Å². The highest BCUT2D eigenvalue weighted by molar-refractivity contribution is 7.88. The number of carbonyl (C=O) groups excluding carboxylic acids is 1. The largest absolute Gasteiger partial charge is 0.324 e. The average molecular weight is 480 g/mol.